The van der Waals surface area contributed by atoms with Crippen molar-refractivity contribution < 1.29 is 42.2 Å². The number of carboxylic acids is 1. The van der Waals surface area contributed by atoms with Crippen molar-refractivity contribution in [1.29, 1.82) is 0 Å². The van der Waals surface area contributed by atoms with E-state index < -0.39 is 54.3 Å². The van der Waals surface area contributed by atoms with Gasteiger partial charge >= 0.3 is 47.9 Å². The van der Waals surface area contributed by atoms with Crippen LogP contribution >= 0.6 is 0 Å². The van der Waals surface area contributed by atoms with Crippen LogP contribution in [0.5, 0.6) is 5.75 Å². The summed E-state index contributed by atoms with van der Waals surface area (Å²) < 4.78 is 41.0. The van der Waals surface area contributed by atoms with Crippen molar-refractivity contribution >= 4 is 53.2 Å². The number of Topliss-reactive ketones (excluding diaryl/α,β-unsaturated/α-hetero) is 1. The Balaban J connectivity index is 0.00000481. The first kappa shape index (κ1) is 29.9. The number of nitrogens with one attached hydrogen (secondary N) is 2. The van der Waals surface area contributed by atoms with E-state index in [4.69, 9.17) is 0 Å². The molecule has 2 aromatic carbocycles. The number of halogens is 3. The Morgan fingerprint density at radius 3 is 2.35 bits per heavy atom. The number of nitrogens with zero attached hydrogens (tertiary/aromatic N) is 1. The van der Waals surface area contributed by atoms with Gasteiger partial charge in [-0.3, -0.25) is 14.4 Å². The zero-order valence-electron chi connectivity index (χ0n) is 19.1. The number of hydrogen-bond donors (Lipinski definition) is 3. The number of rotatable bonds is 7. The van der Waals surface area contributed by atoms with Crippen molar-refractivity contribution in [3.63, 3.8) is 0 Å². The van der Waals surface area contributed by atoms with Crippen molar-refractivity contribution in [2.45, 2.75) is 31.8 Å². The van der Waals surface area contributed by atoms with E-state index in [9.17, 15) is 37.5 Å². The fourth-order valence-electron chi connectivity index (χ4n) is 3.63. The molecule has 0 fully saturated rings. The van der Waals surface area contributed by atoms with Crippen molar-refractivity contribution in [2.24, 2.45) is 0 Å². The van der Waals surface area contributed by atoms with E-state index in [1.54, 1.807) is 24.3 Å². The first-order valence-electron chi connectivity index (χ1n) is 10.6. The molecule has 0 saturated carbocycles. The summed E-state index contributed by atoms with van der Waals surface area (Å²) in [5, 5.41) is 14.1. The average molecular weight is 529 g/mol. The number of benzene rings is 2. The summed E-state index contributed by atoms with van der Waals surface area (Å²) in [5.41, 5.74) is 1.72. The van der Waals surface area contributed by atoms with Gasteiger partial charge < -0.3 is 25.4 Å². The fraction of sp³-hybridized carbons (Fsp3) is 0.250. The molecule has 1 aliphatic rings. The van der Waals surface area contributed by atoms with E-state index >= 15 is 0 Å². The minimum absolute atomic E-state index is 0. The van der Waals surface area contributed by atoms with Gasteiger partial charge in [0, 0.05) is 18.8 Å². The quantitative estimate of drug-likeness (QED) is 0.374. The van der Waals surface area contributed by atoms with E-state index in [0.717, 1.165) is 12.1 Å². The van der Waals surface area contributed by atoms with Crippen LogP contribution in [0.25, 0.3) is 11.1 Å². The van der Waals surface area contributed by atoms with Gasteiger partial charge in [0.25, 0.3) is 5.91 Å². The number of carbonyl (C=O) groups is 4. The summed E-state index contributed by atoms with van der Waals surface area (Å²) in [4.78, 5) is 49.9. The van der Waals surface area contributed by atoms with Crippen molar-refractivity contribution in [3.8, 4) is 16.9 Å². The van der Waals surface area contributed by atoms with Gasteiger partial charge in [-0.1, -0.05) is 30.3 Å². The Hall–Kier alpha value is -3.35. The molecule has 9 nitrogen and oxygen atoms in total. The topological polar surface area (TPSA) is 125 Å². The number of alkyl halides is 3. The molecule has 37 heavy (non-hydrogen) atoms. The molecule has 13 heteroatoms. The van der Waals surface area contributed by atoms with Crippen LogP contribution < -0.4 is 15.4 Å². The number of hydrogen-bond acceptors (Lipinski definition) is 5. The molecule has 3 amide bonds. The van der Waals surface area contributed by atoms with E-state index in [2.05, 4.69) is 15.4 Å². The minimum atomic E-state index is -4.82. The van der Waals surface area contributed by atoms with Gasteiger partial charge in [0.15, 0.2) is 11.8 Å². The molecule has 3 rings (SSSR count). The summed E-state index contributed by atoms with van der Waals surface area (Å²) in [6.07, 6.45) is -3.99. The fourth-order valence-corrected chi connectivity index (χ4v) is 3.63. The van der Waals surface area contributed by atoms with Gasteiger partial charge in [-0.05, 0) is 41.8 Å². The number of likely N-dealkylation sites (N-methyl/N-ethyl adjacent to an activating group) is 1. The molecule has 0 radical (unpaired) electrons. The van der Waals surface area contributed by atoms with E-state index in [0.29, 0.717) is 16.7 Å². The molecule has 3 N–H and O–H groups in total. The number of ketones is 1. The van der Waals surface area contributed by atoms with Crippen LogP contribution in [0.15, 0.2) is 60.3 Å². The van der Waals surface area contributed by atoms with Gasteiger partial charge in [0.1, 0.15) is 5.75 Å². The van der Waals surface area contributed by atoms with Crippen LogP contribution in [0.1, 0.15) is 24.9 Å². The maximum absolute atomic E-state index is 12.6. The summed E-state index contributed by atoms with van der Waals surface area (Å²) >= 11 is 0. The first-order valence-corrected chi connectivity index (χ1v) is 10.6. The van der Waals surface area contributed by atoms with Gasteiger partial charge in [0.2, 0.25) is 0 Å². The molecule has 2 aromatic rings. The molecule has 0 aliphatic carbocycles. The molecule has 1 heterocycles. The maximum atomic E-state index is 12.6. The number of urea groups is 1. The third kappa shape index (κ3) is 8.07. The standard InChI is InChI=1S/C24H22F3N3O6.Na.H/c1-13-12-30(2)22(34)20(21(13)33)29-23(35)28-18(11-19(31)32)16-5-3-4-15(10-16)14-6-8-17(9-7-14)36-24(25,26)27;;/h3-10,12,18,20H,11H2,1-2H3,(H,31,32)(H2,28,29,35);;/t18-,20?;;/m0../s1. The molecule has 192 valence electrons. The van der Waals surface area contributed by atoms with Crippen LogP contribution in [0.3, 0.4) is 0 Å². The molecule has 1 aliphatic heterocycles. The predicted octanol–water partition coefficient (Wildman–Crippen LogP) is 2.73. The van der Waals surface area contributed by atoms with Crippen molar-refractivity contribution in [2.75, 3.05) is 7.05 Å². The average Bonchev–Trinajstić information content (AvgIpc) is 2.79. The van der Waals surface area contributed by atoms with Crippen molar-refractivity contribution in [1.82, 2.24) is 15.5 Å². The summed E-state index contributed by atoms with van der Waals surface area (Å²) in [5.74, 6) is -2.84. The number of carboxylic acid groups (broad SMARTS) is 1. The van der Waals surface area contributed by atoms with E-state index in [1.807, 2.05) is 0 Å². The van der Waals surface area contributed by atoms with E-state index in [1.165, 1.54) is 37.2 Å². The summed E-state index contributed by atoms with van der Waals surface area (Å²) in [7, 11) is 1.44. The first-order chi connectivity index (χ1) is 16.8. The van der Waals surface area contributed by atoms with Crippen molar-refractivity contribution in [3.05, 3.63) is 65.9 Å². The zero-order chi connectivity index (χ0) is 26.6. The molecular weight excluding hydrogens is 506 g/mol. The zero-order valence-corrected chi connectivity index (χ0v) is 19.1. The summed E-state index contributed by atoms with van der Waals surface area (Å²) in [6, 6.07) is 8.06. The van der Waals surface area contributed by atoms with Gasteiger partial charge in [-0.15, -0.1) is 13.2 Å². The molecule has 0 spiro atoms. The molecule has 0 aromatic heterocycles. The molecular formula is C24H23F3N3NaO6. The van der Waals surface area contributed by atoms with E-state index in [-0.39, 0.29) is 35.1 Å². The number of carbonyl (C=O) groups excluding carboxylic acids is 3. The van der Waals surface area contributed by atoms with Crippen LogP contribution in [0, 0.1) is 0 Å². The number of ether oxygens (including phenoxy) is 1. The van der Waals surface area contributed by atoms with Crippen LogP contribution in [0.4, 0.5) is 18.0 Å². The third-order valence-electron chi connectivity index (χ3n) is 5.30. The Labute approximate surface area is 231 Å². The molecule has 0 bridgehead atoms. The monoisotopic (exact) mass is 529 g/mol. The van der Waals surface area contributed by atoms with Gasteiger partial charge in [-0.2, -0.15) is 0 Å². The SMILES string of the molecule is CC1=CN(C)C(=O)C(NC(=O)N[C@@H](CC(=O)O)c2cccc(-c3ccc(OC(F)(F)F)cc3)c2)C1=O.[NaH]. The Morgan fingerprint density at radius 1 is 1.11 bits per heavy atom. The second-order valence-electron chi connectivity index (χ2n) is 8.02. The van der Waals surface area contributed by atoms with Gasteiger partial charge in [-0.25, -0.2) is 4.79 Å². The van der Waals surface area contributed by atoms with Gasteiger partial charge in [0.05, 0.1) is 12.5 Å². The summed E-state index contributed by atoms with van der Waals surface area (Å²) in [6.45, 7) is 1.50. The Kier molecular flexibility index (Phi) is 9.90. The normalized spacial score (nSPS) is 16.3. The molecule has 2 atom stereocenters. The Morgan fingerprint density at radius 2 is 1.76 bits per heavy atom. The van der Waals surface area contributed by atoms with Crippen LogP contribution in [-0.2, 0) is 14.4 Å². The molecule has 0 saturated heterocycles. The van der Waals surface area contributed by atoms with Crippen LogP contribution in [0.2, 0.25) is 0 Å². The number of aliphatic carboxylic acids is 1. The predicted molar refractivity (Wildman–Crippen MR) is 128 cm³/mol. The molecule has 1 unspecified atom stereocenters. The number of amides is 3. The van der Waals surface area contributed by atoms with Crippen LogP contribution in [-0.4, -0.2) is 82.7 Å². The third-order valence-corrected chi connectivity index (χ3v) is 5.30. The second-order valence-corrected chi connectivity index (χ2v) is 8.02. The second kappa shape index (κ2) is 12.3. The Bertz CT molecular complexity index is 1220.